The Bertz CT molecular complexity index is 1190. The van der Waals surface area contributed by atoms with Gasteiger partial charge in [-0.25, -0.2) is 9.59 Å². The highest BCUT2D eigenvalue weighted by Gasteiger charge is 2.16. The summed E-state index contributed by atoms with van der Waals surface area (Å²) in [6, 6.07) is 19.7. The van der Waals surface area contributed by atoms with E-state index in [9.17, 15) is 9.59 Å². The van der Waals surface area contributed by atoms with Crippen molar-refractivity contribution >= 4 is 23.5 Å². The van der Waals surface area contributed by atoms with Gasteiger partial charge in [-0.1, -0.05) is 108 Å². The van der Waals surface area contributed by atoms with Gasteiger partial charge in [-0.2, -0.15) is 0 Å². The lowest BCUT2D eigenvalue weighted by atomic mass is 10.0. The van der Waals surface area contributed by atoms with Crippen LogP contribution in [-0.2, 0) is 12.8 Å². The van der Waals surface area contributed by atoms with Gasteiger partial charge in [0.1, 0.15) is 11.5 Å². The Balaban J connectivity index is 1.47. The number of unbranched alkanes of at least 4 members (excludes halogenated alkanes) is 9. The maximum Gasteiger partial charge on any atom is 0.345 e. The SMILES string of the molecule is CCCCCCCCc1ccc(C(=O)Oc2ccc(C(=O)Oc3ccc(CCCCCCC)cc3)c(Cl)c2)cc1. The van der Waals surface area contributed by atoms with Crippen molar-refractivity contribution in [3.63, 3.8) is 0 Å². The Kier molecular flexibility index (Phi) is 13.8. The second-order valence-electron chi connectivity index (χ2n) is 10.4. The minimum absolute atomic E-state index is 0.160. The van der Waals surface area contributed by atoms with E-state index in [1.54, 1.807) is 18.2 Å². The molecule has 0 N–H and O–H groups in total. The summed E-state index contributed by atoms with van der Waals surface area (Å²) in [5, 5.41) is 0.160. The summed E-state index contributed by atoms with van der Waals surface area (Å²) >= 11 is 6.36. The smallest absolute Gasteiger partial charge is 0.345 e. The van der Waals surface area contributed by atoms with E-state index in [0.29, 0.717) is 11.3 Å². The molecule has 0 aromatic heterocycles. The molecule has 0 atom stereocenters. The normalized spacial score (nSPS) is 10.9. The first-order valence-electron chi connectivity index (χ1n) is 14.9. The standard InChI is InChI=1S/C35H43ClO4/c1-3-5-7-9-11-13-14-27-16-20-29(21-17-27)34(37)40-31-24-25-32(33(36)26-31)35(38)39-30-22-18-28(19-23-30)15-12-10-8-6-4-2/h16-26H,3-15H2,1-2H3. The van der Waals surface area contributed by atoms with E-state index in [1.165, 1.54) is 81.0 Å². The summed E-state index contributed by atoms with van der Waals surface area (Å²) in [4.78, 5) is 25.3. The van der Waals surface area contributed by atoms with Crippen LogP contribution in [0, 0.1) is 0 Å². The third-order valence-corrected chi connectivity index (χ3v) is 7.40. The molecule has 214 valence electrons. The Hall–Kier alpha value is -3.11. The highest BCUT2D eigenvalue weighted by Crippen LogP contribution is 2.25. The van der Waals surface area contributed by atoms with Crippen LogP contribution < -0.4 is 9.47 Å². The van der Waals surface area contributed by atoms with Gasteiger partial charge >= 0.3 is 11.9 Å². The van der Waals surface area contributed by atoms with Crippen LogP contribution >= 0.6 is 11.6 Å². The quantitative estimate of drug-likeness (QED) is 0.0932. The van der Waals surface area contributed by atoms with Crippen LogP contribution in [0.15, 0.2) is 66.7 Å². The van der Waals surface area contributed by atoms with E-state index in [1.807, 2.05) is 36.4 Å². The molecule has 5 heteroatoms. The number of esters is 2. The zero-order chi connectivity index (χ0) is 28.6. The first-order chi connectivity index (χ1) is 19.5. The molecule has 0 spiro atoms. The number of hydrogen-bond donors (Lipinski definition) is 0. The molecular formula is C35H43ClO4. The fraction of sp³-hybridized carbons (Fsp3) is 0.429. The molecule has 40 heavy (non-hydrogen) atoms. The van der Waals surface area contributed by atoms with Gasteiger partial charge in [-0.05, 0) is 73.2 Å². The van der Waals surface area contributed by atoms with E-state index < -0.39 is 11.9 Å². The van der Waals surface area contributed by atoms with Gasteiger partial charge in [-0.3, -0.25) is 0 Å². The van der Waals surface area contributed by atoms with E-state index >= 15 is 0 Å². The van der Waals surface area contributed by atoms with Crippen molar-refractivity contribution in [2.24, 2.45) is 0 Å². The van der Waals surface area contributed by atoms with Crippen LogP contribution in [-0.4, -0.2) is 11.9 Å². The van der Waals surface area contributed by atoms with Crippen molar-refractivity contribution in [1.29, 1.82) is 0 Å². The molecule has 0 amide bonds. The van der Waals surface area contributed by atoms with Crippen LogP contribution in [0.25, 0.3) is 0 Å². The molecule has 0 unspecified atom stereocenters. The Labute approximate surface area is 245 Å². The minimum atomic E-state index is -0.559. The van der Waals surface area contributed by atoms with Crippen molar-refractivity contribution in [3.8, 4) is 11.5 Å². The fourth-order valence-electron chi connectivity index (χ4n) is 4.63. The number of carbonyl (C=O) groups excluding carboxylic acids is 2. The van der Waals surface area contributed by atoms with Gasteiger partial charge in [0.25, 0.3) is 0 Å². The summed E-state index contributed by atoms with van der Waals surface area (Å²) in [6.45, 7) is 4.44. The molecule has 0 bridgehead atoms. The predicted octanol–water partition coefficient (Wildman–Crippen LogP) is 10.2. The zero-order valence-corrected chi connectivity index (χ0v) is 24.8. The molecule has 4 nitrogen and oxygen atoms in total. The van der Waals surface area contributed by atoms with Crippen LogP contribution in [0.2, 0.25) is 5.02 Å². The van der Waals surface area contributed by atoms with Crippen LogP contribution in [0.3, 0.4) is 0 Å². The maximum atomic E-state index is 12.7. The Morgan fingerprint density at radius 3 is 1.60 bits per heavy atom. The molecule has 0 aliphatic carbocycles. The summed E-state index contributed by atoms with van der Waals surface area (Å²) in [6.07, 6.45) is 15.8. The van der Waals surface area contributed by atoms with Gasteiger partial charge in [0.15, 0.2) is 0 Å². The van der Waals surface area contributed by atoms with Gasteiger partial charge in [0.2, 0.25) is 0 Å². The molecule has 3 rings (SSSR count). The van der Waals surface area contributed by atoms with E-state index in [2.05, 4.69) is 13.8 Å². The lowest BCUT2D eigenvalue weighted by molar-refractivity contribution is 0.0730. The monoisotopic (exact) mass is 562 g/mol. The zero-order valence-electron chi connectivity index (χ0n) is 24.1. The average molecular weight is 563 g/mol. The summed E-state index contributed by atoms with van der Waals surface area (Å²) in [7, 11) is 0. The van der Waals surface area contributed by atoms with Gasteiger partial charge < -0.3 is 9.47 Å². The number of ether oxygens (including phenoxy) is 2. The van der Waals surface area contributed by atoms with Crippen LogP contribution in [0.4, 0.5) is 0 Å². The van der Waals surface area contributed by atoms with Crippen molar-refractivity contribution in [1.82, 2.24) is 0 Å². The van der Waals surface area contributed by atoms with Crippen molar-refractivity contribution in [2.45, 2.75) is 97.3 Å². The maximum absolute atomic E-state index is 12.7. The van der Waals surface area contributed by atoms with Crippen LogP contribution in [0.1, 0.15) is 116 Å². The molecule has 0 heterocycles. The van der Waals surface area contributed by atoms with Crippen molar-refractivity contribution in [2.75, 3.05) is 0 Å². The molecule has 0 aliphatic rings. The Morgan fingerprint density at radius 1 is 0.575 bits per heavy atom. The average Bonchev–Trinajstić information content (AvgIpc) is 2.96. The molecular weight excluding hydrogens is 520 g/mol. The third kappa shape index (κ3) is 10.8. The number of aryl methyl sites for hydroxylation is 2. The predicted molar refractivity (Wildman–Crippen MR) is 164 cm³/mol. The van der Waals surface area contributed by atoms with E-state index in [4.69, 9.17) is 21.1 Å². The lowest BCUT2D eigenvalue weighted by Gasteiger charge is -2.09. The molecule has 0 saturated carbocycles. The number of rotatable bonds is 17. The van der Waals surface area contributed by atoms with E-state index in [0.717, 1.165) is 25.7 Å². The van der Waals surface area contributed by atoms with Gasteiger partial charge in [-0.15, -0.1) is 0 Å². The summed E-state index contributed by atoms with van der Waals surface area (Å²) in [5.41, 5.74) is 3.12. The molecule has 0 saturated heterocycles. The molecule has 0 fully saturated rings. The summed E-state index contributed by atoms with van der Waals surface area (Å²) in [5.74, 6) is -0.295. The summed E-state index contributed by atoms with van der Waals surface area (Å²) < 4.78 is 11.0. The Morgan fingerprint density at radius 2 is 1.05 bits per heavy atom. The number of hydrogen-bond acceptors (Lipinski definition) is 4. The number of carbonyl (C=O) groups is 2. The molecule has 0 radical (unpaired) electrons. The first-order valence-corrected chi connectivity index (χ1v) is 15.3. The number of benzene rings is 3. The van der Waals surface area contributed by atoms with Crippen molar-refractivity contribution < 1.29 is 19.1 Å². The third-order valence-electron chi connectivity index (χ3n) is 7.08. The van der Waals surface area contributed by atoms with Gasteiger partial charge in [0.05, 0.1) is 16.1 Å². The first kappa shape index (κ1) is 31.4. The second-order valence-corrected chi connectivity index (χ2v) is 10.9. The van der Waals surface area contributed by atoms with E-state index in [-0.39, 0.29) is 16.3 Å². The largest absolute Gasteiger partial charge is 0.423 e. The van der Waals surface area contributed by atoms with Crippen molar-refractivity contribution in [3.05, 3.63) is 94.0 Å². The topological polar surface area (TPSA) is 52.6 Å². The highest BCUT2D eigenvalue weighted by atomic mass is 35.5. The van der Waals surface area contributed by atoms with Gasteiger partial charge in [0, 0.05) is 6.07 Å². The lowest BCUT2D eigenvalue weighted by Crippen LogP contribution is -2.11. The number of halogens is 1. The molecule has 3 aromatic carbocycles. The van der Waals surface area contributed by atoms with Crippen LogP contribution in [0.5, 0.6) is 11.5 Å². The fourth-order valence-corrected chi connectivity index (χ4v) is 4.87. The molecule has 0 aliphatic heterocycles. The molecule has 3 aromatic rings. The second kappa shape index (κ2) is 17.6. The minimum Gasteiger partial charge on any atom is -0.423 e. The highest BCUT2D eigenvalue weighted by molar-refractivity contribution is 6.33.